The van der Waals surface area contributed by atoms with Crippen LogP contribution in [0.3, 0.4) is 0 Å². The average molecular weight is 375 g/mol. The van der Waals surface area contributed by atoms with Gasteiger partial charge in [0, 0.05) is 16.9 Å². The number of rotatable bonds is 5. The topological polar surface area (TPSA) is 46.2 Å². The van der Waals surface area contributed by atoms with Gasteiger partial charge in [0.15, 0.2) is 0 Å². The summed E-state index contributed by atoms with van der Waals surface area (Å²) in [7, 11) is -3.49. The number of hydrogen-bond acceptors (Lipinski definition) is 2. The van der Waals surface area contributed by atoms with Gasteiger partial charge in [-0.15, -0.1) is 11.6 Å². The van der Waals surface area contributed by atoms with E-state index in [1.807, 2.05) is 24.3 Å². The third-order valence-electron chi connectivity index (χ3n) is 2.77. The second-order valence-corrected chi connectivity index (χ2v) is 7.18. The molecule has 0 aliphatic carbocycles. The van der Waals surface area contributed by atoms with E-state index < -0.39 is 10.0 Å². The Bertz CT molecular complexity index is 669. The van der Waals surface area contributed by atoms with Crippen molar-refractivity contribution in [1.82, 2.24) is 4.72 Å². The van der Waals surface area contributed by atoms with Crippen molar-refractivity contribution in [3.63, 3.8) is 0 Å². The molecule has 1 N–H and O–H groups in total. The molecule has 0 saturated heterocycles. The van der Waals surface area contributed by atoms with Gasteiger partial charge in [-0.05, 0) is 35.4 Å². The van der Waals surface area contributed by atoms with Crippen molar-refractivity contribution in [2.75, 3.05) is 0 Å². The Morgan fingerprint density at radius 3 is 2.05 bits per heavy atom. The van der Waals surface area contributed by atoms with Crippen LogP contribution in [0.1, 0.15) is 11.1 Å². The molecule has 106 valence electrons. The third-order valence-corrected chi connectivity index (χ3v) is 5.02. The number of benzene rings is 2. The van der Waals surface area contributed by atoms with Crippen molar-refractivity contribution in [2.24, 2.45) is 0 Å². The standard InChI is InChI=1S/C14H13BrClNO2S/c15-13-5-7-14(8-6-13)20(18,19)17-10-12-3-1-11(9-16)2-4-12/h1-8,17H,9-10H2. The van der Waals surface area contributed by atoms with Crippen LogP contribution in [0.25, 0.3) is 0 Å². The summed E-state index contributed by atoms with van der Waals surface area (Å²) >= 11 is 8.98. The summed E-state index contributed by atoms with van der Waals surface area (Å²) in [6.45, 7) is 0.251. The van der Waals surface area contributed by atoms with Crippen LogP contribution in [0, 0.1) is 0 Å². The molecule has 0 spiro atoms. The maximum atomic E-state index is 12.1. The van der Waals surface area contributed by atoms with Crippen LogP contribution in [-0.4, -0.2) is 8.42 Å². The molecule has 20 heavy (non-hydrogen) atoms. The Labute approximate surface area is 132 Å². The van der Waals surface area contributed by atoms with Crippen LogP contribution >= 0.6 is 27.5 Å². The lowest BCUT2D eigenvalue weighted by molar-refractivity contribution is 0.581. The van der Waals surface area contributed by atoms with Gasteiger partial charge in [0.25, 0.3) is 0 Å². The smallest absolute Gasteiger partial charge is 0.207 e. The van der Waals surface area contributed by atoms with Crippen molar-refractivity contribution in [1.29, 1.82) is 0 Å². The van der Waals surface area contributed by atoms with E-state index in [1.165, 1.54) is 0 Å². The molecule has 2 aromatic carbocycles. The Kier molecular flexibility index (Phi) is 5.21. The van der Waals surface area contributed by atoms with Gasteiger partial charge < -0.3 is 0 Å². The molecular formula is C14H13BrClNO2S. The molecule has 0 aliphatic rings. The predicted molar refractivity (Wildman–Crippen MR) is 84.2 cm³/mol. The zero-order valence-electron chi connectivity index (χ0n) is 10.5. The van der Waals surface area contributed by atoms with Gasteiger partial charge in [-0.1, -0.05) is 40.2 Å². The lowest BCUT2D eigenvalue weighted by Crippen LogP contribution is -2.23. The van der Waals surface area contributed by atoms with Gasteiger partial charge in [-0.25, -0.2) is 13.1 Å². The molecule has 0 atom stereocenters. The van der Waals surface area contributed by atoms with Crippen molar-refractivity contribution in [2.45, 2.75) is 17.3 Å². The van der Waals surface area contributed by atoms with Crippen molar-refractivity contribution in [3.05, 3.63) is 64.1 Å². The monoisotopic (exact) mass is 373 g/mol. The Morgan fingerprint density at radius 2 is 1.50 bits per heavy atom. The fraction of sp³-hybridized carbons (Fsp3) is 0.143. The highest BCUT2D eigenvalue weighted by molar-refractivity contribution is 9.10. The summed E-state index contributed by atoms with van der Waals surface area (Å²) in [5.41, 5.74) is 1.89. The highest BCUT2D eigenvalue weighted by Crippen LogP contribution is 2.15. The fourth-order valence-corrected chi connectivity index (χ4v) is 3.08. The molecular weight excluding hydrogens is 362 g/mol. The number of nitrogens with one attached hydrogen (secondary N) is 1. The SMILES string of the molecule is O=S(=O)(NCc1ccc(CCl)cc1)c1ccc(Br)cc1. The second kappa shape index (κ2) is 6.72. The van der Waals surface area contributed by atoms with Gasteiger partial charge in [0.2, 0.25) is 10.0 Å². The van der Waals surface area contributed by atoms with E-state index in [9.17, 15) is 8.42 Å². The summed E-state index contributed by atoms with van der Waals surface area (Å²) in [4.78, 5) is 0.248. The number of halogens is 2. The van der Waals surface area contributed by atoms with Crippen LogP contribution in [0.15, 0.2) is 57.9 Å². The van der Waals surface area contributed by atoms with Gasteiger partial charge in [0.05, 0.1) is 4.90 Å². The maximum Gasteiger partial charge on any atom is 0.240 e. The van der Waals surface area contributed by atoms with Gasteiger partial charge in [-0.2, -0.15) is 0 Å². The molecule has 0 radical (unpaired) electrons. The van der Waals surface area contributed by atoms with E-state index in [0.717, 1.165) is 15.6 Å². The number of hydrogen-bond donors (Lipinski definition) is 1. The van der Waals surface area contributed by atoms with Crippen LogP contribution in [-0.2, 0) is 22.4 Å². The first-order chi connectivity index (χ1) is 9.51. The summed E-state index contributed by atoms with van der Waals surface area (Å²) in [5.74, 6) is 0.449. The van der Waals surface area contributed by atoms with E-state index in [2.05, 4.69) is 20.7 Å². The van der Waals surface area contributed by atoms with Crippen LogP contribution in [0.4, 0.5) is 0 Å². The predicted octanol–water partition coefficient (Wildman–Crippen LogP) is 3.67. The summed E-state index contributed by atoms with van der Waals surface area (Å²) in [5, 5.41) is 0. The minimum absolute atomic E-state index is 0.248. The molecule has 3 nitrogen and oxygen atoms in total. The molecule has 6 heteroatoms. The van der Waals surface area contributed by atoms with Crippen LogP contribution in [0.5, 0.6) is 0 Å². The van der Waals surface area contributed by atoms with Gasteiger partial charge >= 0.3 is 0 Å². The maximum absolute atomic E-state index is 12.1. The van der Waals surface area contributed by atoms with E-state index >= 15 is 0 Å². The quantitative estimate of drug-likeness (QED) is 0.812. The molecule has 2 aromatic rings. The van der Waals surface area contributed by atoms with Crippen molar-refractivity contribution in [3.8, 4) is 0 Å². The summed E-state index contributed by atoms with van der Waals surface area (Å²) in [6, 6.07) is 14.0. The third kappa shape index (κ3) is 4.06. The summed E-state index contributed by atoms with van der Waals surface area (Å²) < 4.78 is 27.6. The zero-order chi connectivity index (χ0) is 14.6. The van der Waals surface area contributed by atoms with Crippen LogP contribution < -0.4 is 4.72 Å². The van der Waals surface area contributed by atoms with E-state index in [0.29, 0.717) is 5.88 Å². The van der Waals surface area contributed by atoms with Gasteiger partial charge in [0.1, 0.15) is 0 Å². The Morgan fingerprint density at radius 1 is 0.950 bits per heavy atom. The molecule has 0 aliphatic heterocycles. The zero-order valence-corrected chi connectivity index (χ0v) is 13.7. The molecule has 0 bridgehead atoms. The number of sulfonamides is 1. The Balaban J connectivity index is 2.06. The molecule has 0 amide bonds. The molecule has 0 aromatic heterocycles. The first kappa shape index (κ1) is 15.5. The first-order valence-corrected chi connectivity index (χ1v) is 8.71. The summed E-state index contributed by atoms with van der Waals surface area (Å²) in [6.07, 6.45) is 0. The van der Waals surface area contributed by atoms with Crippen molar-refractivity contribution >= 4 is 37.6 Å². The van der Waals surface area contributed by atoms with E-state index in [1.54, 1.807) is 24.3 Å². The molecule has 0 heterocycles. The minimum atomic E-state index is -3.49. The largest absolute Gasteiger partial charge is 0.240 e. The highest BCUT2D eigenvalue weighted by atomic mass is 79.9. The molecule has 0 fully saturated rings. The number of alkyl halides is 1. The highest BCUT2D eigenvalue weighted by Gasteiger charge is 2.13. The van der Waals surface area contributed by atoms with E-state index in [-0.39, 0.29) is 11.4 Å². The average Bonchev–Trinajstić information content (AvgIpc) is 2.46. The molecule has 2 rings (SSSR count). The Hall–Kier alpha value is -0.880. The fourth-order valence-electron chi connectivity index (χ4n) is 1.62. The second-order valence-electron chi connectivity index (χ2n) is 4.23. The van der Waals surface area contributed by atoms with Crippen molar-refractivity contribution < 1.29 is 8.42 Å². The first-order valence-electron chi connectivity index (χ1n) is 5.90. The molecule has 0 saturated carbocycles. The lowest BCUT2D eigenvalue weighted by atomic mass is 10.1. The van der Waals surface area contributed by atoms with E-state index in [4.69, 9.17) is 11.6 Å². The van der Waals surface area contributed by atoms with Gasteiger partial charge in [-0.3, -0.25) is 0 Å². The lowest BCUT2D eigenvalue weighted by Gasteiger charge is -2.07. The minimum Gasteiger partial charge on any atom is -0.207 e. The van der Waals surface area contributed by atoms with Crippen LogP contribution in [0.2, 0.25) is 0 Å². The normalized spacial score (nSPS) is 11.5. The molecule has 0 unspecified atom stereocenters.